The zero-order valence-electron chi connectivity index (χ0n) is 16.7. The van der Waals surface area contributed by atoms with Crippen molar-refractivity contribution in [2.24, 2.45) is 17.6 Å². The van der Waals surface area contributed by atoms with E-state index in [1.807, 2.05) is 19.9 Å². The molecular weight excluding hydrogens is 382 g/mol. The van der Waals surface area contributed by atoms with Gasteiger partial charge in [0.25, 0.3) is 0 Å². The molecule has 0 heterocycles. The van der Waals surface area contributed by atoms with Crippen molar-refractivity contribution in [2.75, 3.05) is 5.32 Å². The van der Waals surface area contributed by atoms with E-state index in [1.54, 1.807) is 32.0 Å². The van der Waals surface area contributed by atoms with E-state index < -0.39 is 24.3 Å². The fraction of sp³-hybridized carbons (Fsp3) is 0.474. The number of ether oxygens (including phenoxy) is 1. The van der Waals surface area contributed by atoms with Crippen LogP contribution in [0.15, 0.2) is 18.2 Å². The summed E-state index contributed by atoms with van der Waals surface area (Å²) in [6.07, 6.45) is -1.37. The highest BCUT2D eigenvalue weighted by Gasteiger charge is 2.22. The SMILES string of the molecule is CC(C)CC(O)C(N)Oc1c(C#N)cccc1NC(=O)C(C)C.O=C(O)C(=O)O. The molecule has 2 unspecified atom stereocenters. The molecule has 1 aromatic rings. The number of benzene rings is 1. The summed E-state index contributed by atoms with van der Waals surface area (Å²) < 4.78 is 5.60. The average molecular weight is 409 g/mol. The molecule has 10 heteroatoms. The molecule has 6 N–H and O–H groups in total. The number of nitriles is 1. The van der Waals surface area contributed by atoms with E-state index in [0.29, 0.717) is 12.1 Å². The van der Waals surface area contributed by atoms with Gasteiger partial charge in [0.2, 0.25) is 5.91 Å². The Morgan fingerprint density at radius 1 is 1.17 bits per heavy atom. The Morgan fingerprint density at radius 2 is 1.72 bits per heavy atom. The first-order valence-electron chi connectivity index (χ1n) is 8.81. The number of carboxylic acid groups (broad SMARTS) is 2. The number of rotatable bonds is 7. The first-order valence-corrected chi connectivity index (χ1v) is 8.81. The predicted octanol–water partition coefficient (Wildman–Crippen LogP) is 1.38. The van der Waals surface area contributed by atoms with Gasteiger partial charge in [0.05, 0.1) is 11.3 Å². The maximum Gasteiger partial charge on any atom is 0.414 e. The van der Waals surface area contributed by atoms with Crippen LogP contribution in [-0.2, 0) is 14.4 Å². The van der Waals surface area contributed by atoms with Gasteiger partial charge in [0, 0.05) is 5.92 Å². The van der Waals surface area contributed by atoms with Gasteiger partial charge in [0.15, 0.2) is 12.0 Å². The van der Waals surface area contributed by atoms with E-state index >= 15 is 0 Å². The van der Waals surface area contributed by atoms with Crippen LogP contribution in [0.25, 0.3) is 0 Å². The van der Waals surface area contributed by atoms with Gasteiger partial charge in [0.1, 0.15) is 12.2 Å². The topological polar surface area (TPSA) is 183 Å². The largest absolute Gasteiger partial charge is 0.473 e. The Bertz CT molecular complexity index is 745. The highest BCUT2D eigenvalue weighted by atomic mass is 16.5. The number of nitrogens with two attached hydrogens (primary N) is 1. The smallest absolute Gasteiger partial charge is 0.414 e. The number of aliphatic hydroxyl groups excluding tert-OH is 1. The zero-order chi connectivity index (χ0) is 22.7. The van der Waals surface area contributed by atoms with Gasteiger partial charge < -0.3 is 25.4 Å². The monoisotopic (exact) mass is 409 g/mol. The first kappa shape index (κ1) is 25.8. The lowest BCUT2D eigenvalue weighted by atomic mass is 10.1. The Labute approximate surface area is 168 Å². The average Bonchev–Trinajstić information content (AvgIpc) is 2.62. The molecule has 2 atom stereocenters. The quantitative estimate of drug-likeness (QED) is 0.328. The molecule has 0 aromatic heterocycles. The lowest BCUT2D eigenvalue weighted by Crippen LogP contribution is -2.41. The van der Waals surface area contributed by atoms with Crippen molar-refractivity contribution in [3.63, 3.8) is 0 Å². The van der Waals surface area contributed by atoms with Crippen LogP contribution in [0, 0.1) is 23.2 Å². The predicted molar refractivity (Wildman–Crippen MR) is 104 cm³/mol. The van der Waals surface area contributed by atoms with Crippen LogP contribution in [0.4, 0.5) is 5.69 Å². The van der Waals surface area contributed by atoms with Gasteiger partial charge in [-0.25, -0.2) is 9.59 Å². The number of para-hydroxylation sites is 1. The highest BCUT2D eigenvalue weighted by Crippen LogP contribution is 2.30. The number of hydrogen-bond acceptors (Lipinski definition) is 7. The molecular formula is C19H27N3O7. The number of aliphatic carboxylic acids is 2. The fourth-order valence-corrected chi connectivity index (χ4v) is 1.96. The molecule has 0 aliphatic carbocycles. The molecule has 0 saturated heterocycles. The van der Waals surface area contributed by atoms with E-state index in [1.165, 1.54) is 0 Å². The van der Waals surface area contributed by atoms with Gasteiger partial charge in [-0.15, -0.1) is 0 Å². The van der Waals surface area contributed by atoms with E-state index in [9.17, 15) is 15.2 Å². The summed E-state index contributed by atoms with van der Waals surface area (Å²) in [4.78, 5) is 30.1. The Morgan fingerprint density at radius 3 is 2.14 bits per heavy atom. The summed E-state index contributed by atoms with van der Waals surface area (Å²) in [5, 5.41) is 36.8. The molecule has 0 bridgehead atoms. The van der Waals surface area contributed by atoms with Crippen LogP contribution in [0.1, 0.15) is 39.7 Å². The number of nitrogens with one attached hydrogen (secondary N) is 1. The second-order valence-electron chi connectivity index (χ2n) is 6.83. The number of carbonyl (C=O) groups excluding carboxylic acids is 1. The van der Waals surface area contributed by atoms with Gasteiger partial charge >= 0.3 is 11.9 Å². The number of anilines is 1. The van der Waals surface area contributed by atoms with Crippen LogP contribution >= 0.6 is 0 Å². The molecule has 1 rings (SSSR count). The van der Waals surface area contributed by atoms with Crippen molar-refractivity contribution in [1.82, 2.24) is 0 Å². The van der Waals surface area contributed by atoms with E-state index in [0.717, 1.165) is 0 Å². The van der Waals surface area contributed by atoms with E-state index in [4.69, 9.17) is 30.3 Å². The van der Waals surface area contributed by atoms with Crippen molar-refractivity contribution < 1.29 is 34.4 Å². The molecule has 0 aliphatic heterocycles. The molecule has 0 radical (unpaired) electrons. The lowest BCUT2D eigenvalue weighted by molar-refractivity contribution is -0.159. The van der Waals surface area contributed by atoms with E-state index in [2.05, 4.69) is 5.32 Å². The molecule has 160 valence electrons. The molecule has 0 fully saturated rings. The van der Waals surface area contributed by atoms with Gasteiger partial charge in [-0.05, 0) is 24.5 Å². The van der Waals surface area contributed by atoms with Crippen molar-refractivity contribution in [3.05, 3.63) is 23.8 Å². The van der Waals surface area contributed by atoms with Crippen LogP contribution in [-0.4, -0.2) is 45.5 Å². The highest BCUT2D eigenvalue weighted by molar-refractivity contribution is 6.27. The minimum atomic E-state index is -1.82. The number of carbonyl (C=O) groups is 3. The van der Waals surface area contributed by atoms with Crippen molar-refractivity contribution in [2.45, 2.75) is 46.4 Å². The van der Waals surface area contributed by atoms with E-state index in [-0.39, 0.29) is 29.1 Å². The summed E-state index contributed by atoms with van der Waals surface area (Å²) in [7, 11) is 0. The number of hydrogen-bond donors (Lipinski definition) is 5. The Kier molecular flexibility index (Phi) is 11.0. The first-order chi connectivity index (χ1) is 13.4. The summed E-state index contributed by atoms with van der Waals surface area (Å²) in [5.41, 5.74) is 6.51. The van der Waals surface area contributed by atoms with Gasteiger partial charge in [-0.1, -0.05) is 33.8 Å². The fourth-order valence-electron chi connectivity index (χ4n) is 1.96. The Balaban J connectivity index is 0.00000113. The van der Waals surface area contributed by atoms with Crippen LogP contribution < -0.4 is 15.8 Å². The van der Waals surface area contributed by atoms with Gasteiger partial charge in [-0.3, -0.25) is 10.5 Å². The van der Waals surface area contributed by atoms with Gasteiger partial charge in [-0.2, -0.15) is 5.26 Å². The third-order valence-corrected chi connectivity index (χ3v) is 3.45. The van der Waals surface area contributed by atoms with Crippen LogP contribution in [0.3, 0.4) is 0 Å². The normalized spacial score (nSPS) is 12.2. The standard InChI is InChI=1S/C17H25N3O3.C2H2O4/c1-10(2)8-14(21)16(19)23-15-12(9-18)6-5-7-13(15)20-17(22)11(3)4;3-1(4)2(5)6/h5-7,10-11,14,16,21H,8,19H2,1-4H3,(H,20,22);(H,3,4)(H,5,6). The molecule has 0 spiro atoms. The number of carboxylic acids is 2. The molecule has 10 nitrogen and oxygen atoms in total. The summed E-state index contributed by atoms with van der Waals surface area (Å²) in [6.45, 7) is 7.46. The molecule has 1 aromatic carbocycles. The Hall–Kier alpha value is -3.16. The number of nitrogens with zero attached hydrogens (tertiary/aromatic N) is 1. The van der Waals surface area contributed by atoms with Crippen LogP contribution in [0.5, 0.6) is 5.75 Å². The maximum atomic E-state index is 11.9. The minimum absolute atomic E-state index is 0.180. The third-order valence-electron chi connectivity index (χ3n) is 3.45. The maximum absolute atomic E-state index is 11.9. The van der Waals surface area contributed by atoms with Crippen molar-refractivity contribution >= 4 is 23.5 Å². The van der Waals surface area contributed by atoms with Crippen molar-refractivity contribution in [3.8, 4) is 11.8 Å². The summed E-state index contributed by atoms with van der Waals surface area (Å²) in [6, 6.07) is 6.87. The second-order valence-corrected chi connectivity index (χ2v) is 6.83. The van der Waals surface area contributed by atoms with Crippen molar-refractivity contribution in [1.29, 1.82) is 5.26 Å². The third kappa shape index (κ3) is 9.55. The lowest BCUT2D eigenvalue weighted by Gasteiger charge is -2.23. The molecule has 29 heavy (non-hydrogen) atoms. The molecule has 0 aliphatic rings. The molecule has 1 amide bonds. The second kappa shape index (κ2) is 12.3. The number of aliphatic hydroxyl groups is 1. The zero-order valence-corrected chi connectivity index (χ0v) is 16.7. The minimum Gasteiger partial charge on any atom is -0.473 e. The van der Waals surface area contributed by atoms with Crippen LogP contribution in [0.2, 0.25) is 0 Å². The summed E-state index contributed by atoms with van der Waals surface area (Å²) >= 11 is 0. The molecule has 0 saturated carbocycles. The summed E-state index contributed by atoms with van der Waals surface area (Å²) in [5.74, 6) is -3.62. The number of amides is 1.